The van der Waals surface area contributed by atoms with Gasteiger partial charge in [-0.1, -0.05) is 27.5 Å². The van der Waals surface area contributed by atoms with Crippen molar-refractivity contribution in [2.45, 2.75) is 6.92 Å². The van der Waals surface area contributed by atoms with Crippen LogP contribution in [0.5, 0.6) is 0 Å². The lowest BCUT2D eigenvalue weighted by Crippen LogP contribution is -2.06. The number of halogens is 2. The van der Waals surface area contributed by atoms with Crippen molar-refractivity contribution in [2.75, 3.05) is 5.32 Å². The van der Waals surface area contributed by atoms with E-state index in [1.54, 1.807) is 16.6 Å². The van der Waals surface area contributed by atoms with E-state index in [0.717, 1.165) is 10.0 Å². The molecule has 1 aromatic carbocycles. The maximum atomic E-state index is 9.23. The third-order valence-corrected chi connectivity index (χ3v) is 3.82. The number of fused-ring (bicyclic) bond motifs is 1. The number of nitrogens with zero attached hydrogens (tertiary/aromatic N) is 5. The number of rotatable bonds is 2. The maximum Gasteiger partial charge on any atom is 0.255 e. The molecule has 0 saturated carbocycles. The van der Waals surface area contributed by atoms with Gasteiger partial charge in [-0.15, -0.1) is 0 Å². The largest absolute Gasteiger partial charge is 0.339 e. The van der Waals surface area contributed by atoms with Crippen LogP contribution < -0.4 is 5.32 Å². The molecule has 3 aromatic rings. The number of hydrogen-bond acceptors (Lipinski definition) is 5. The molecule has 0 aliphatic carbocycles. The van der Waals surface area contributed by atoms with E-state index in [-0.39, 0.29) is 0 Å². The molecule has 2 heterocycles. The molecule has 21 heavy (non-hydrogen) atoms. The third-order valence-electron chi connectivity index (χ3n) is 2.96. The van der Waals surface area contributed by atoms with Crippen LogP contribution in [-0.2, 0) is 0 Å². The molecule has 0 bridgehead atoms. The second-order valence-electron chi connectivity index (χ2n) is 4.27. The first kappa shape index (κ1) is 13.8. The average molecular weight is 364 g/mol. The smallest absolute Gasteiger partial charge is 0.255 e. The van der Waals surface area contributed by atoms with Gasteiger partial charge in [0.05, 0.1) is 11.3 Å². The predicted molar refractivity (Wildman–Crippen MR) is 82.7 cm³/mol. The predicted octanol–water partition coefficient (Wildman–Crippen LogP) is 3.46. The van der Waals surface area contributed by atoms with E-state index in [1.807, 2.05) is 13.0 Å². The minimum atomic E-state index is 0.341. The van der Waals surface area contributed by atoms with Gasteiger partial charge in [0.15, 0.2) is 0 Å². The van der Waals surface area contributed by atoms with E-state index < -0.39 is 0 Å². The molecule has 2 aromatic heterocycles. The number of anilines is 2. The summed E-state index contributed by atoms with van der Waals surface area (Å²) in [4.78, 5) is 8.16. The Balaban J connectivity index is 2.17. The minimum Gasteiger partial charge on any atom is -0.339 e. The Bertz CT molecular complexity index is 882. The molecule has 0 unspecified atom stereocenters. The molecular weight excluding hydrogens is 356 g/mol. The molecule has 0 aliphatic rings. The van der Waals surface area contributed by atoms with Gasteiger partial charge in [0.2, 0.25) is 0 Å². The van der Waals surface area contributed by atoms with E-state index in [0.29, 0.717) is 28.0 Å². The van der Waals surface area contributed by atoms with Crippen molar-refractivity contribution >= 4 is 44.8 Å². The van der Waals surface area contributed by atoms with Gasteiger partial charge in [0, 0.05) is 10.0 Å². The number of hydrogen-bond donors (Lipinski definition) is 1. The summed E-state index contributed by atoms with van der Waals surface area (Å²) >= 11 is 9.45. The van der Waals surface area contributed by atoms with E-state index in [9.17, 15) is 5.26 Å². The molecule has 0 amide bonds. The molecule has 0 radical (unpaired) electrons. The van der Waals surface area contributed by atoms with Gasteiger partial charge < -0.3 is 5.32 Å². The van der Waals surface area contributed by atoms with Crippen molar-refractivity contribution in [3.05, 3.63) is 45.3 Å². The molecule has 3 rings (SSSR count). The van der Waals surface area contributed by atoms with Crippen molar-refractivity contribution in [3.63, 3.8) is 0 Å². The van der Waals surface area contributed by atoms with Crippen LogP contribution >= 0.6 is 27.5 Å². The highest BCUT2D eigenvalue weighted by Crippen LogP contribution is 2.28. The molecule has 0 saturated heterocycles. The first-order valence-electron chi connectivity index (χ1n) is 5.92. The number of aromatic nitrogens is 4. The monoisotopic (exact) mass is 362 g/mol. The zero-order chi connectivity index (χ0) is 15.0. The Hall–Kier alpha value is -2.17. The van der Waals surface area contributed by atoms with Gasteiger partial charge in [-0.05, 0) is 25.1 Å². The summed E-state index contributed by atoms with van der Waals surface area (Å²) in [6.45, 7) is 1.82. The van der Waals surface area contributed by atoms with Crippen LogP contribution in [0.25, 0.3) is 5.78 Å². The second kappa shape index (κ2) is 5.31. The standard InChI is InChI=1S/C13H8BrClN6/c1-7-11(15)20-13-17-6-18-21(13)12(7)19-10-3-2-9(14)4-8(10)5-16/h2-4,6,19H,1H3. The highest BCUT2D eigenvalue weighted by molar-refractivity contribution is 9.10. The highest BCUT2D eigenvalue weighted by Gasteiger charge is 2.14. The van der Waals surface area contributed by atoms with Gasteiger partial charge >= 0.3 is 0 Å². The lowest BCUT2D eigenvalue weighted by atomic mass is 10.2. The van der Waals surface area contributed by atoms with Gasteiger partial charge in [-0.2, -0.15) is 24.8 Å². The lowest BCUT2D eigenvalue weighted by Gasteiger charge is -2.13. The normalized spacial score (nSPS) is 10.6. The van der Waals surface area contributed by atoms with Crippen LogP contribution in [0.15, 0.2) is 29.0 Å². The Kier molecular flexibility index (Phi) is 3.49. The molecule has 104 valence electrons. The van der Waals surface area contributed by atoms with Crippen molar-refractivity contribution in [1.82, 2.24) is 19.6 Å². The molecule has 0 atom stereocenters. The van der Waals surface area contributed by atoms with Crippen LogP contribution in [-0.4, -0.2) is 19.6 Å². The Morgan fingerprint density at radius 2 is 2.24 bits per heavy atom. The van der Waals surface area contributed by atoms with Gasteiger partial charge in [0.1, 0.15) is 23.4 Å². The van der Waals surface area contributed by atoms with E-state index in [1.165, 1.54) is 6.33 Å². The molecular formula is C13H8BrClN6. The van der Waals surface area contributed by atoms with Crippen LogP contribution in [0.1, 0.15) is 11.1 Å². The fourth-order valence-electron chi connectivity index (χ4n) is 1.89. The Morgan fingerprint density at radius 3 is 3.00 bits per heavy atom. The van der Waals surface area contributed by atoms with E-state index in [2.05, 4.69) is 42.4 Å². The Morgan fingerprint density at radius 1 is 1.43 bits per heavy atom. The van der Waals surface area contributed by atoms with Crippen LogP contribution in [0, 0.1) is 18.3 Å². The molecule has 1 N–H and O–H groups in total. The topological polar surface area (TPSA) is 78.9 Å². The van der Waals surface area contributed by atoms with E-state index in [4.69, 9.17) is 11.6 Å². The lowest BCUT2D eigenvalue weighted by molar-refractivity contribution is 0.936. The maximum absolute atomic E-state index is 9.23. The fraction of sp³-hybridized carbons (Fsp3) is 0.0769. The summed E-state index contributed by atoms with van der Waals surface area (Å²) in [5.41, 5.74) is 1.88. The highest BCUT2D eigenvalue weighted by atomic mass is 79.9. The van der Waals surface area contributed by atoms with E-state index >= 15 is 0 Å². The summed E-state index contributed by atoms with van der Waals surface area (Å²) in [6, 6.07) is 7.53. The molecule has 0 aliphatic heterocycles. The zero-order valence-electron chi connectivity index (χ0n) is 10.8. The fourth-order valence-corrected chi connectivity index (χ4v) is 2.42. The number of benzene rings is 1. The van der Waals surface area contributed by atoms with Gasteiger partial charge in [0.25, 0.3) is 5.78 Å². The average Bonchev–Trinajstić information content (AvgIpc) is 2.92. The van der Waals surface area contributed by atoms with Crippen molar-refractivity contribution in [1.29, 1.82) is 5.26 Å². The van der Waals surface area contributed by atoms with Gasteiger partial charge in [-0.3, -0.25) is 0 Å². The summed E-state index contributed by atoms with van der Waals surface area (Å²) in [5.74, 6) is 1.02. The second-order valence-corrected chi connectivity index (χ2v) is 5.55. The van der Waals surface area contributed by atoms with Crippen LogP contribution in [0.4, 0.5) is 11.5 Å². The van der Waals surface area contributed by atoms with Gasteiger partial charge in [-0.25, -0.2) is 0 Å². The molecule has 0 spiro atoms. The quantitative estimate of drug-likeness (QED) is 0.705. The molecule has 0 fully saturated rings. The first-order valence-corrected chi connectivity index (χ1v) is 7.09. The molecule has 8 heteroatoms. The summed E-state index contributed by atoms with van der Waals surface area (Å²) < 4.78 is 2.38. The summed E-state index contributed by atoms with van der Waals surface area (Å²) in [6.07, 6.45) is 1.40. The summed E-state index contributed by atoms with van der Waals surface area (Å²) in [5, 5.41) is 16.9. The third kappa shape index (κ3) is 2.44. The SMILES string of the molecule is Cc1c(Cl)nc2ncnn2c1Nc1ccc(Br)cc1C#N. The van der Waals surface area contributed by atoms with Crippen LogP contribution in [0.2, 0.25) is 5.15 Å². The zero-order valence-corrected chi connectivity index (χ0v) is 13.1. The summed E-state index contributed by atoms with van der Waals surface area (Å²) in [7, 11) is 0. The molecule has 6 nitrogen and oxygen atoms in total. The number of nitriles is 1. The minimum absolute atomic E-state index is 0.341. The van der Waals surface area contributed by atoms with Crippen molar-refractivity contribution in [3.8, 4) is 6.07 Å². The van der Waals surface area contributed by atoms with Crippen molar-refractivity contribution in [2.24, 2.45) is 0 Å². The van der Waals surface area contributed by atoms with Crippen molar-refractivity contribution < 1.29 is 0 Å². The Labute approximate surface area is 133 Å². The first-order chi connectivity index (χ1) is 10.1. The number of nitrogens with one attached hydrogen (secondary N) is 1. The van der Waals surface area contributed by atoms with Crippen LogP contribution in [0.3, 0.4) is 0 Å².